The Morgan fingerprint density at radius 1 is 1.35 bits per heavy atom. The fourth-order valence-corrected chi connectivity index (χ4v) is 5.23. The second-order valence-corrected chi connectivity index (χ2v) is 6.70. The van der Waals surface area contributed by atoms with Gasteiger partial charge in [0.25, 0.3) is 0 Å². The highest BCUT2D eigenvalue weighted by Gasteiger charge is 2.44. The van der Waals surface area contributed by atoms with E-state index in [9.17, 15) is 8.42 Å². The van der Waals surface area contributed by atoms with E-state index in [1.54, 1.807) is 12.1 Å². The molecule has 2 rings (SSSR count). The predicted octanol–water partition coefficient (Wildman–Crippen LogP) is 2.56. The molecule has 0 saturated heterocycles. The maximum absolute atomic E-state index is 12.4. The molecule has 0 spiro atoms. The number of hydrogen-bond acceptors (Lipinski definition) is 3. The minimum Gasteiger partial charge on any atom is -0.309 e. The van der Waals surface area contributed by atoms with Gasteiger partial charge in [-0.1, -0.05) is 37.6 Å². The average molecular weight is 274 g/mol. The van der Waals surface area contributed by atoms with Crippen LogP contribution < -0.4 is 5.32 Å². The number of halogens is 1. The number of hydrogen-bond donors (Lipinski definition) is 1. The molecule has 3 nitrogen and oxygen atoms in total. The fraction of sp³-hybridized carbons (Fsp3) is 0.500. The Bertz CT molecular complexity index is 527. The summed E-state index contributed by atoms with van der Waals surface area (Å²) in [5.74, 6) is 0. The van der Waals surface area contributed by atoms with Crippen LogP contribution in [0.5, 0.6) is 0 Å². The van der Waals surface area contributed by atoms with Gasteiger partial charge < -0.3 is 5.32 Å². The molecular weight excluding hydrogens is 258 g/mol. The maximum Gasteiger partial charge on any atom is 0.184 e. The van der Waals surface area contributed by atoms with Crippen molar-refractivity contribution in [2.24, 2.45) is 0 Å². The molecule has 0 bridgehead atoms. The van der Waals surface area contributed by atoms with Gasteiger partial charge in [-0.15, -0.1) is 0 Å². The number of nitrogens with one attached hydrogen (secondary N) is 1. The summed E-state index contributed by atoms with van der Waals surface area (Å²) in [4.78, 5) is 0.319. The van der Waals surface area contributed by atoms with Gasteiger partial charge in [-0.25, -0.2) is 8.42 Å². The van der Waals surface area contributed by atoms with Gasteiger partial charge >= 0.3 is 0 Å². The zero-order valence-corrected chi connectivity index (χ0v) is 11.5. The summed E-state index contributed by atoms with van der Waals surface area (Å²) in [5, 5.41) is 3.18. The van der Waals surface area contributed by atoms with Gasteiger partial charge in [0.1, 0.15) is 0 Å². The molecule has 17 heavy (non-hydrogen) atoms. The number of fused-ring (bicyclic) bond motifs is 1. The Balaban J connectivity index is 2.64. The Labute approximate surface area is 107 Å². The van der Waals surface area contributed by atoms with Crippen LogP contribution in [0.25, 0.3) is 0 Å². The third kappa shape index (κ3) is 1.88. The molecule has 1 N–H and O–H groups in total. The summed E-state index contributed by atoms with van der Waals surface area (Å²) in [5.41, 5.74) is 0.811. The predicted molar refractivity (Wildman–Crippen MR) is 69.1 cm³/mol. The molecule has 5 heteroatoms. The van der Waals surface area contributed by atoms with Crippen molar-refractivity contribution in [2.75, 3.05) is 6.54 Å². The molecule has 1 aromatic carbocycles. The van der Waals surface area contributed by atoms with Crippen molar-refractivity contribution in [2.45, 2.75) is 36.5 Å². The Hall–Kier alpha value is -0.580. The van der Waals surface area contributed by atoms with E-state index in [0.717, 1.165) is 12.1 Å². The van der Waals surface area contributed by atoms with E-state index >= 15 is 0 Å². The molecule has 0 radical (unpaired) electrons. The van der Waals surface area contributed by atoms with E-state index in [4.69, 9.17) is 11.6 Å². The van der Waals surface area contributed by atoms with Crippen LogP contribution in [0.15, 0.2) is 23.1 Å². The lowest BCUT2D eigenvalue weighted by Gasteiger charge is -2.18. The normalized spacial score (nSPS) is 25.8. The highest BCUT2D eigenvalue weighted by molar-refractivity contribution is 7.92. The summed E-state index contributed by atoms with van der Waals surface area (Å²) in [6, 6.07) is 5.16. The van der Waals surface area contributed by atoms with Gasteiger partial charge in [0.15, 0.2) is 9.84 Å². The van der Waals surface area contributed by atoms with Crippen molar-refractivity contribution in [1.29, 1.82) is 0 Å². The van der Waals surface area contributed by atoms with Crippen molar-refractivity contribution in [3.05, 3.63) is 28.8 Å². The van der Waals surface area contributed by atoms with E-state index < -0.39 is 15.1 Å². The molecule has 1 aliphatic heterocycles. The van der Waals surface area contributed by atoms with E-state index in [1.165, 1.54) is 0 Å². The summed E-state index contributed by atoms with van der Waals surface area (Å²) >= 11 is 6.03. The van der Waals surface area contributed by atoms with Crippen LogP contribution in [0.4, 0.5) is 0 Å². The van der Waals surface area contributed by atoms with Crippen LogP contribution in [-0.2, 0) is 9.84 Å². The molecule has 0 aromatic heterocycles. The Morgan fingerprint density at radius 2 is 2.06 bits per heavy atom. The van der Waals surface area contributed by atoms with Gasteiger partial charge in [-0.2, -0.15) is 0 Å². The van der Waals surface area contributed by atoms with E-state index in [-0.39, 0.29) is 6.04 Å². The molecular formula is C12H16ClNO2S. The molecule has 0 amide bonds. The highest BCUT2D eigenvalue weighted by atomic mass is 35.5. The quantitative estimate of drug-likeness (QED) is 0.921. The summed E-state index contributed by atoms with van der Waals surface area (Å²) < 4.78 is 24.8. The lowest BCUT2D eigenvalue weighted by molar-refractivity contribution is 0.505. The van der Waals surface area contributed by atoms with Gasteiger partial charge in [0, 0.05) is 0 Å². The summed E-state index contributed by atoms with van der Waals surface area (Å²) in [6.45, 7) is 4.61. The standard InChI is InChI=1S/C12H16ClNO2S/c1-3-10-11(14-4-2)8-6-5-7-9(13)12(8)17(10,15)16/h5-7,10-11,14H,3-4H2,1-2H3. The molecule has 94 valence electrons. The van der Waals surface area contributed by atoms with Crippen LogP contribution in [0.3, 0.4) is 0 Å². The van der Waals surface area contributed by atoms with Crippen molar-refractivity contribution < 1.29 is 8.42 Å². The maximum atomic E-state index is 12.4. The molecule has 1 aromatic rings. The largest absolute Gasteiger partial charge is 0.309 e. The zero-order chi connectivity index (χ0) is 12.6. The summed E-state index contributed by atoms with van der Waals surface area (Å²) in [6.07, 6.45) is 0.588. The fourth-order valence-electron chi connectivity index (χ4n) is 2.52. The number of sulfone groups is 1. The molecule has 0 fully saturated rings. The molecule has 2 atom stereocenters. The smallest absolute Gasteiger partial charge is 0.184 e. The number of benzene rings is 1. The molecule has 1 aliphatic rings. The van der Waals surface area contributed by atoms with E-state index in [0.29, 0.717) is 16.3 Å². The molecule has 1 heterocycles. The van der Waals surface area contributed by atoms with E-state index in [1.807, 2.05) is 19.9 Å². The van der Waals surface area contributed by atoms with Crippen LogP contribution >= 0.6 is 11.6 Å². The lowest BCUT2D eigenvalue weighted by atomic mass is 10.0. The molecule has 0 saturated carbocycles. The molecule has 2 unspecified atom stereocenters. The van der Waals surface area contributed by atoms with Crippen LogP contribution in [0, 0.1) is 0 Å². The Kier molecular flexibility index (Phi) is 3.48. The van der Waals surface area contributed by atoms with Crippen molar-refractivity contribution in [1.82, 2.24) is 5.32 Å². The van der Waals surface area contributed by atoms with Crippen LogP contribution in [-0.4, -0.2) is 20.2 Å². The lowest BCUT2D eigenvalue weighted by Crippen LogP contribution is -2.31. The van der Waals surface area contributed by atoms with Gasteiger partial charge in [0.05, 0.1) is 21.2 Å². The van der Waals surface area contributed by atoms with Gasteiger partial charge in [-0.05, 0) is 24.6 Å². The highest BCUT2D eigenvalue weighted by Crippen LogP contribution is 2.43. The van der Waals surface area contributed by atoms with Gasteiger partial charge in [0.2, 0.25) is 0 Å². The second kappa shape index (κ2) is 4.59. The third-order valence-electron chi connectivity index (χ3n) is 3.21. The number of rotatable bonds is 3. The van der Waals surface area contributed by atoms with Crippen molar-refractivity contribution in [3.63, 3.8) is 0 Å². The van der Waals surface area contributed by atoms with Crippen LogP contribution in [0.2, 0.25) is 5.02 Å². The van der Waals surface area contributed by atoms with Crippen LogP contribution in [0.1, 0.15) is 31.9 Å². The first-order valence-electron chi connectivity index (χ1n) is 5.79. The SMILES string of the molecule is CCNC1c2cccc(Cl)c2S(=O)(=O)C1CC. The topological polar surface area (TPSA) is 46.2 Å². The minimum absolute atomic E-state index is 0.135. The Morgan fingerprint density at radius 3 is 2.65 bits per heavy atom. The first-order valence-corrected chi connectivity index (χ1v) is 7.72. The van der Waals surface area contributed by atoms with Crippen molar-refractivity contribution in [3.8, 4) is 0 Å². The first-order chi connectivity index (χ1) is 8.04. The van der Waals surface area contributed by atoms with Gasteiger partial charge in [-0.3, -0.25) is 0 Å². The third-order valence-corrected chi connectivity index (χ3v) is 6.07. The van der Waals surface area contributed by atoms with Crippen molar-refractivity contribution >= 4 is 21.4 Å². The minimum atomic E-state index is -3.29. The zero-order valence-electron chi connectivity index (χ0n) is 9.90. The first kappa shape index (κ1) is 12.9. The molecule has 0 aliphatic carbocycles. The van der Waals surface area contributed by atoms with E-state index in [2.05, 4.69) is 5.32 Å². The monoisotopic (exact) mass is 273 g/mol. The second-order valence-electron chi connectivity index (χ2n) is 4.19. The summed E-state index contributed by atoms with van der Waals surface area (Å²) in [7, 11) is -3.29. The average Bonchev–Trinajstić information content (AvgIpc) is 2.48.